The molecule has 1 atom stereocenters. The van der Waals surface area contributed by atoms with Crippen LogP contribution in [0.25, 0.3) is 11.3 Å². The Kier molecular flexibility index (Phi) is 3.38. The van der Waals surface area contributed by atoms with Crippen LogP contribution in [0, 0.1) is 11.3 Å². The summed E-state index contributed by atoms with van der Waals surface area (Å²) >= 11 is 3.46. The zero-order valence-electron chi connectivity index (χ0n) is 14.3. The lowest BCUT2D eigenvalue weighted by Gasteiger charge is -2.32. The van der Waals surface area contributed by atoms with Gasteiger partial charge in [0.2, 0.25) is 17.7 Å². The molecule has 7 nitrogen and oxygen atoms in total. The van der Waals surface area contributed by atoms with E-state index < -0.39 is 5.41 Å². The fourth-order valence-corrected chi connectivity index (χ4v) is 4.30. The molecule has 2 aromatic carbocycles. The summed E-state index contributed by atoms with van der Waals surface area (Å²) in [7, 11) is 0. The lowest BCUT2D eigenvalue weighted by Crippen LogP contribution is -2.42. The molecule has 8 heteroatoms. The third kappa shape index (κ3) is 1.96. The first-order valence-electron chi connectivity index (χ1n) is 8.41. The van der Waals surface area contributed by atoms with Crippen LogP contribution in [0.5, 0.6) is 5.88 Å². The number of carbonyl (C=O) groups excluding carboxylic acids is 1. The van der Waals surface area contributed by atoms with Crippen molar-refractivity contribution in [1.82, 2.24) is 10.2 Å². The minimum Gasteiger partial charge on any atom is -0.420 e. The van der Waals surface area contributed by atoms with Gasteiger partial charge < -0.3 is 15.8 Å². The monoisotopic (exact) mass is 433 g/mol. The zero-order valence-corrected chi connectivity index (χ0v) is 15.9. The van der Waals surface area contributed by atoms with E-state index in [9.17, 15) is 10.1 Å². The molecule has 136 valence electrons. The minimum absolute atomic E-state index is 0.0351. The van der Waals surface area contributed by atoms with Gasteiger partial charge in [-0.05, 0) is 18.2 Å². The van der Waals surface area contributed by atoms with Crippen LogP contribution >= 0.6 is 15.9 Å². The number of halogens is 1. The summed E-state index contributed by atoms with van der Waals surface area (Å²) in [5.74, 6) is -0.328. The van der Waals surface area contributed by atoms with E-state index in [2.05, 4.69) is 37.5 Å². The van der Waals surface area contributed by atoms with Crippen molar-refractivity contribution in [3.05, 3.63) is 75.6 Å². The number of H-pyrrole nitrogens is 1. The average Bonchev–Trinajstić information content (AvgIpc) is 3.23. The average molecular weight is 434 g/mol. The van der Waals surface area contributed by atoms with Crippen molar-refractivity contribution in [2.75, 3.05) is 5.32 Å². The molecule has 0 unspecified atom stereocenters. The number of aromatic nitrogens is 2. The maximum absolute atomic E-state index is 13.4. The van der Waals surface area contributed by atoms with Gasteiger partial charge in [0.25, 0.3) is 0 Å². The van der Waals surface area contributed by atoms with Crippen LogP contribution < -0.4 is 15.8 Å². The lowest BCUT2D eigenvalue weighted by atomic mass is 9.68. The summed E-state index contributed by atoms with van der Waals surface area (Å²) in [6.07, 6.45) is 0. The van der Waals surface area contributed by atoms with Crippen LogP contribution in [0.3, 0.4) is 0 Å². The second kappa shape index (κ2) is 5.71. The van der Waals surface area contributed by atoms with Gasteiger partial charge in [-0.15, -0.1) is 5.10 Å². The normalized spacial score (nSPS) is 19.6. The van der Waals surface area contributed by atoms with E-state index in [1.807, 2.05) is 42.5 Å². The standard InChI is InChI=1S/C20H12BrN5O2/c21-11-6-7-14-12(8-11)20(19(27)24-14)13(9-22)17(23)28-18-15(20)16(25-26-18)10-4-2-1-3-5-10/h1-8H,23H2,(H,24,27)(H,25,26)/t20-/m0/s1. The molecule has 2 aliphatic heterocycles. The number of anilines is 1. The fourth-order valence-electron chi connectivity index (χ4n) is 3.94. The Bertz CT molecular complexity index is 1230. The van der Waals surface area contributed by atoms with Crippen molar-refractivity contribution in [2.24, 2.45) is 5.73 Å². The molecule has 4 N–H and O–H groups in total. The second-order valence-electron chi connectivity index (χ2n) is 6.49. The number of benzene rings is 2. The SMILES string of the molecule is N#CC1=C(N)Oc2n[nH]c(-c3ccccc3)c2[C@@]12C(=O)Nc1ccc(Br)cc12. The smallest absolute Gasteiger partial charge is 0.245 e. The number of hydrogen-bond donors (Lipinski definition) is 3. The summed E-state index contributed by atoms with van der Waals surface area (Å²) in [6, 6.07) is 17.0. The van der Waals surface area contributed by atoms with Crippen LogP contribution in [-0.2, 0) is 10.2 Å². The maximum Gasteiger partial charge on any atom is 0.245 e. The molecule has 0 saturated carbocycles. The Morgan fingerprint density at radius 2 is 2.00 bits per heavy atom. The van der Waals surface area contributed by atoms with E-state index in [1.165, 1.54) is 0 Å². The van der Waals surface area contributed by atoms with Crippen molar-refractivity contribution >= 4 is 27.5 Å². The number of nitrogens with zero attached hydrogens (tertiary/aromatic N) is 2. The highest BCUT2D eigenvalue weighted by Gasteiger charge is 2.58. The summed E-state index contributed by atoms with van der Waals surface area (Å²) in [4.78, 5) is 13.4. The molecule has 0 saturated heterocycles. The number of fused-ring (bicyclic) bond motifs is 4. The molecule has 3 aromatic rings. The van der Waals surface area contributed by atoms with Crippen LogP contribution in [-0.4, -0.2) is 16.1 Å². The molecule has 2 aliphatic rings. The molecule has 1 aromatic heterocycles. The van der Waals surface area contributed by atoms with E-state index in [1.54, 1.807) is 6.07 Å². The molecular weight excluding hydrogens is 422 g/mol. The van der Waals surface area contributed by atoms with E-state index in [4.69, 9.17) is 10.5 Å². The lowest BCUT2D eigenvalue weighted by molar-refractivity contribution is -0.118. The first-order valence-corrected chi connectivity index (χ1v) is 9.20. The van der Waals surface area contributed by atoms with Crippen molar-refractivity contribution in [1.29, 1.82) is 5.26 Å². The Morgan fingerprint density at radius 1 is 1.21 bits per heavy atom. The first-order chi connectivity index (χ1) is 13.6. The number of carbonyl (C=O) groups is 1. The summed E-state index contributed by atoms with van der Waals surface area (Å²) in [5, 5.41) is 20.0. The summed E-state index contributed by atoms with van der Waals surface area (Å²) in [5.41, 5.74) is 7.75. The van der Waals surface area contributed by atoms with Gasteiger partial charge in [0, 0.05) is 21.3 Å². The number of aromatic amines is 1. The van der Waals surface area contributed by atoms with E-state index in [0.717, 1.165) is 10.0 Å². The predicted molar refractivity (Wildman–Crippen MR) is 105 cm³/mol. The van der Waals surface area contributed by atoms with Crippen LogP contribution in [0.15, 0.2) is 64.5 Å². The third-order valence-electron chi connectivity index (χ3n) is 5.08. The van der Waals surface area contributed by atoms with Crippen molar-refractivity contribution in [2.45, 2.75) is 5.41 Å². The summed E-state index contributed by atoms with van der Waals surface area (Å²) in [6.45, 7) is 0. The van der Waals surface area contributed by atoms with Gasteiger partial charge in [-0.25, -0.2) is 0 Å². The Morgan fingerprint density at radius 3 is 2.75 bits per heavy atom. The van der Waals surface area contributed by atoms with Gasteiger partial charge in [-0.2, -0.15) is 5.26 Å². The number of hydrogen-bond acceptors (Lipinski definition) is 5. The fraction of sp³-hybridized carbons (Fsp3) is 0.0500. The predicted octanol–water partition coefficient (Wildman–Crippen LogP) is 3.16. The topological polar surface area (TPSA) is 117 Å². The number of nitrogens with two attached hydrogens (primary N) is 1. The number of nitriles is 1. The molecule has 0 aliphatic carbocycles. The van der Waals surface area contributed by atoms with E-state index in [-0.39, 0.29) is 23.2 Å². The van der Waals surface area contributed by atoms with Gasteiger partial charge in [-0.1, -0.05) is 46.3 Å². The highest BCUT2D eigenvalue weighted by atomic mass is 79.9. The molecule has 0 radical (unpaired) electrons. The van der Waals surface area contributed by atoms with Crippen LogP contribution in [0.4, 0.5) is 5.69 Å². The molecule has 3 heterocycles. The Hall–Kier alpha value is -3.57. The number of ether oxygens (including phenoxy) is 1. The second-order valence-corrected chi connectivity index (χ2v) is 7.41. The zero-order chi connectivity index (χ0) is 19.5. The minimum atomic E-state index is -1.45. The molecular formula is C20H12BrN5O2. The van der Waals surface area contributed by atoms with Gasteiger partial charge in [0.05, 0.1) is 11.3 Å². The highest BCUT2D eigenvalue weighted by Crippen LogP contribution is 2.55. The van der Waals surface area contributed by atoms with E-state index in [0.29, 0.717) is 22.5 Å². The summed E-state index contributed by atoms with van der Waals surface area (Å²) < 4.78 is 6.39. The molecule has 1 amide bonds. The Balaban J connectivity index is 1.92. The molecule has 1 spiro atoms. The molecule has 28 heavy (non-hydrogen) atoms. The number of rotatable bonds is 1. The highest BCUT2D eigenvalue weighted by molar-refractivity contribution is 9.10. The van der Waals surface area contributed by atoms with Crippen molar-refractivity contribution in [3.63, 3.8) is 0 Å². The molecule has 0 fully saturated rings. The third-order valence-corrected chi connectivity index (χ3v) is 5.58. The maximum atomic E-state index is 13.4. The van der Waals surface area contributed by atoms with Crippen molar-refractivity contribution in [3.8, 4) is 23.2 Å². The van der Waals surface area contributed by atoms with Crippen LogP contribution in [0.2, 0.25) is 0 Å². The van der Waals surface area contributed by atoms with Crippen LogP contribution in [0.1, 0.15) is 11.1 Å². The number of nitrogens with one attached hydrogen (secondary N) is 2. The largest absolute Gasteiger partial charge is 0.420 e. The molecule has 0 bridgehead atoms. The van der Waals surface area contributed by atoms with Gasteiger partial charge in [0.15, 0.2) is 0 Å². The molecule has 5 rings (SSSR count). The Labute approximate surface area is 167 Å². The number of amides is 1. The van der Waals surface area contributed by atoms with Gasteiger partial charge in [-0.3, -0.25) is 9.89 Å². The first kappa shape index (κ1) is 16.6. The van der Waals surface area contributed by atoms with E-state index >= 15 is 0 Å². The van der Waals surface area contributed by atoms with Gasteiger partial charge >= 0.3 is 0 Å². The van der Waals surface area contributed by atoms with Gasteiger partial charge in [0.1, 0.15) is 17.1 Å². The van der Waals surface area contributed by atoms with Crippen molar-refractivity contribution < 1.29 is 9.53 Å². The quantitative estimate of drug-likeness (QED) is 0.544.